The van der Waals surface area contributed by atoms with E-state index < -0.39 is 6.16 Å². The molecule has 0 aliphatic rings. The molecule has 0 saturated heterocycles. The zero-order valence-electron chi connectivity index (χ0n) is 5.22. The Kier molecular flexibility index (Phi) is 5.72. The first-order valence-electron chi connectivity index (χ1n) is 2.76. The fraction of sp³-hybridized carbons (Fsp3) is 0.800. The molecular weight excluding hydrogens is 188 g/mol. The zero-order chi connectivity index (χ0) is 7.11. The number of halogens is 1. The smallest absolute Gasteiger partial charge is 0.434 e. The van der Waals surface area contributed by atoms with Gasteiger partial charge in [0.05, 0.1) is 6.61 Å². The minimum absolute atomic E-state index is 0.431. The van der Waals surface area contributed by atoms with Gasteiger partial charge in [-0.25, -0.2) is 4.79 Å². The summed E-state index contributed by atoms with van der Waals surface area (Å²) in [6, 6.07) is 0. The molecule has 0 aliphatic heterocycles. The minimum Gasteiger partial charge on any atom is -0.434 e. The van der Waals surface area contributed by atoms with Crippen molar-refractivity contribution in [1.29, 1.82) is 0 Å². The summed E-state index contributed by atoms with van der Waals surface area (Å²) in [5.41, 5.74) is 0. The van der Waals surface area contributed by atoms with Crippen LogP contribution in [0.2, 0.25) is 0 Å². The Balaban J connectivity index is 2.97. The fourth-order valence-corrected chi connectivity index (χ4v) is 0.416. The van der Waals surface area contributed by atoms with Crippen molar-refractivity contribution in [2.45, 2.75) is 19.8 Å². The van der Waals surface area contributed by atoms with Gasteiger partial charge >= 0.3 is 6.16 Å². The number of hydrogen-bond donors (Lipinski definition) is 0. The lowest BCUT2D eigenvalue weighted by atomic mass is 10.4. The van der Waals surface area contributed by atoms with E-state index >= 15 is 0 Å². The highest BCUT2D eigenvalue weighted by Crippen LogP contribution is 1.93. The van der Waals surface area contributed by atoms with Gasteiger partial charge in [-0.05, 0) is 6.42 Å². The van der Waals surface area contributed by atoms with Crippen molar-refractivity contribution in [3.8, 4) is 0 Å². The van der Waals surface area contributed by atoms with Crippen molar-refractivity contribution < 1.29 is 13.4 Å². The van der Waals surface area contributed by atoms with Gasteiger partial charge in [-0.15, -0.1) is 0 Å². The summed E-state index contributed by atoms with van der Waals surface area (Å²) in [6.45, 7) is 2.45. The van der Waals surface area contributed by atoms with Crippen LogP contribution in [0.5, 0.6) is 0 Å². The topological polar surface area (TPSA) is 35.5 Å². The van der Waals surface area contributed by atoms with Crippen LogP contribution >= 0.6 is 16.3 Å². The second-order valence-corrected chi connectivity index (χ2v) is 1.85. The third-order valence-electron chi connectivity index (χ3n) is 0.781. The van der Waals surface area contributed by atoms with Gasteiger partial charge in [0.1, 0.15) is 0 Å². The molecule has 4 heteroatoms. The monoisotopic (exact) mass is 196 g/mol. The Bertz CT molecular complexity index is 84.3. The highest BCUT2D eigenvalue weighted by molar-refractivity contribution is 9.06. The summed E-state index contributed by atoms with van der Waals surface area (Å²) in [7, 11) is 0. The van der Waals surface area contributed by atoms with Crippen molar-refractivity contribution in [3.63, 3.8) is 0 Å². The summed E-state index contributed by atoms with van der Waals surface area (Å²) in [4.78, 5) is 10.2. The average molecular weight is 197 g/mol. The number of ether oxygens (including phenoxy) is 1. The number of carbonyl (C=O) groups excluding carboxylic acids is 1. The predicted octanol–water partition coefficient (Wildman–Crippen LogP) is 2.25. The van der Waals surface area contributed by atoms with Crippen LogP contribution in [-0.2, 0) is 8.57 Å². The van der Waals surface area contributed by atoms with Gasteiger partial charge < -0.3 is 8.57 Å². The second kappa shape index (κ2) is 5.88. The molecule has 0 atom stereocenters. The Morgan fingerprint density at radius 1 is 1.67 bits per heavy atom. The predicted molar refractivity (Wildman–Crippen MR) is 36.3 cm³/mol. The Morgan fingerprint density at radius 3 is 2.78 bits per heavy atom. The molecule has 3 nitrogen and oxygen atoms in total. The van der Waals surface area contributed by atoms with Crippen LogP contribution in [-0.4, -0.2) is 12.8 Å². The minimum atomic E-state index is -0.677. The maximum Gasteiger partial charge on any atom is 0.520 e. The Hall–Kier alpha value is -0.250. The fourth-order valence-electron chi connectivity index (χ4n) is 0.322. The highest BCUT2D eigenvalue weighted by atomic mass is 79.9. The van der Waals surface area contributed by atoms with Crippen molar-refractivity contribution >= 4 is 22.4 Å². The third-order valence-corrected chi connectivity index (χ3v) is 1.05. The molecule has 54 valence electrons. The zero-order valence-corrected chi connectivity index (χ0v) is 6.81. The van der Waals surface area contributed by atoms with Gasteiger partial charge in [-0.1, -0.05) is 13.3 Å². The Morgan fingerprint density at radius 2 is 2.33 bits per heavy atom. The standard InChI is InChI=1S/C5H9BrO3/c1-2-3-4-8-5(7)9-6/h2-4H2,1H3. The van der Waals surface area contributed by atoms with Crippen LogP contribution in [0.3, 0.4) is 0 Å². The van der Waals surface area contributed by atoms with Gasteiger partial charge in [0.15, 0.2) is 16.3 Å². The maximum atomic E-state index is 10.2. The molecule has 0 radical (unpaired) electrons. The lowest BCUT2D eigenvalue weighted by molar-refractivity contribution is 0.108. The molecule has 0 spiro atoms. The van der Waals surface area contributed by atoms with Crippen molar-refractivity contribution in [3.05, 3.63) is 0 Å². The number of carbonyl (C=O) groups is 1. The molecule has 0 bridgehead atoms. The van der Waals surface area contributed by atoms with E-state index in [0.29, 0.717) is 6.61 Å². The average Bonchev–Trinajstić information content (AvgIpc) is 1.89. The van der Waals surface area contributed by atoms with E-state index in [-0.39, 0.29) is 0 Å². The largest absolute Gasteiger partial charge is 0.520 e. The maximum absolute atomic E-state index is 10.2. The molecule has 0 amide bonds. The van der Waals surface area contributed by atoms with Gasteiger partial charge in [0.25, 0.3) is 0 Å². The summed E-state index contributed by atoms with van der Waals surface area (Å²) in [5.74, 6) is 0. The van der Waals surface area contributed by atoms with Crippen molar-refractivity contribution in [1.82, 2.24) is 0 Å². The lowest BCUT2D eigenvalue weighted by Gasteiger charge is -1.97. The highest BCUT2D eigenvalue weighted by Gasteiger charge is 1.98. The molecule has 0 rings (SSSR count). The van der Waals surface area contributed by atoms with Crippen LogP contribution in [0.4, 0.5) is 4.79 Å². The molecule has 0 N–H and O–H groups in total. The molecule has 0 aromatic rings. The number of unbranched alkanes of at least 4 members (excludes halogenated alkanes) is 1. The lowest BCUT2D eigenvalue weighted by Crippen LogP contribution is -2.01. The first kappa shape index (κ1) is 8.75. The van der Waals surface area contributed by atoms with E-state index in [9.17, 15) is 4.79 Å². The molecule has 0 unspecified atom stereocenters. The van der Waals surface area contributed by atoms with E-state index in [1.54, 1.807) is 0 Å². The van der Waals surface area contributed by atoms with E-state index in [0.717, 1.165) is 12.8 Å². The second-order valence-electron chi connectivity index (χ2n) is 1.53. The van der Waals surface area contributed by atoms with E-state index in [2.05, 4.69) is 24.8 Å². The van der Waals surface area contributed by atoms with Gasteiger partial charge in [-0.3, -0.25) is 0 Å². The molecule has 0 saturated carbocycles. The van der Waals surface area contributed by atoms with Crippen LogP contribution in [0.15, 0.2) is 0 Å². The molecule has 0 aliphatic carbocycles. The molecule has 0 aromatic carbocycles. The van der Waals surface area contributed by atoms with Crippen LogP contribution < -0.4 is 0 Å². The van der Waals surface area contributed by atoms with E-state index in [1.165, 1.54) is 0 Å². The number of rotatable bonds is 3. The molecule has 0 fully saturated rings. The number of hydrogen-bond acceptors (Lipinski definition) is 3. The van der Waals surface area contributed by atoms with Gasteiger partial charge in [0, 0.05) is 0 Å². The first-order chi connectivity index (χ1) is 4.31. The first-order valence-corrected chi connectivity index (χ1v) is 3.41. The van der Waals surface area contributed by atoms with E-state index in [1.807, 2.05) is 6.92 Å². The van der Waals surface area contributed by atoms with Crippen LogP contribution in [0.25, 0.3) is 0 Å². The van der Waals surface area contributed by atoms with E-state index in [4.69, 9.17) is 0 Å². The summed E-state index contributed by atoms with van der Waals surface area (Å²) < 4.78 is 8.57. The SMILES string of the molecule is CCCCOC(=O)OBr. The molecular formula is C5H9BrO3. The van der Waals surface area contributed by atoms with Crippen molar-refractivity contribution in [2.75, 3.05) is 6.61 Å². The summed E-state index contributed by atoms with van der Waals surface area (Å²) >= 11 is 2.49. The van der Waals surface area contributed by atoms with Crippen molar-refractivity contribution in [2.24, 2.45) is 0 Å². The third kappa shape index (κ3) is 5.62. The molecule has 0 heterocycles. The normalized spacial score (nSPS) is 8.67. The van der Waals surface area contributed by atoms with Crippen LogP contribution in [0.1, 0.15) is 19.8 Å². The summed E-state index contributed by atoms with van der Waals surface area (Å²) in [6.07, 6.45) is 1.21. The summed E-state index contributed by atoms with van der Waals surface area (Å²) in [5, 5.41) is 0. The van der Waals surface area contributed by atoms with Crippen LogP contribution in [0, 0.1) is 0 Å². The van der Waals surface area contributed by atoms with Gasteiger partial charge in [0.2, 0.25) is 0 Å². The quantitative estimate of drug-likeness (QED) is 0.514. The van der Waals surface area contributed by atoms with Gasteiger partial charge in [-0.2, -0.15) is 0 Å². The molecule has 9 heavy (non-hydrogen) atoms. The Labute approximate surface area is 62.8 Å². The molecule has 0 aromatic heterocycles.